The van der Waals surface area contributed by atoms with Crippen LogP contribution in [0.2, 0.25) is 0 Å². The highest BCUT2D eigenvalue weighted by Gasteiger charge is 2.25. The zero-order chi connectivity index (χ0) is 15.2. The highest BCUT2D eigenvalue weighted by atomic mass is 16.5. The molecule has 1 aliphatic carbocycles. The van der Waals surface area contributed by atoms with Crippen LogP contribution in [0.1, 0.15) is 52.7 Å². The molecular weight excluding hydrogens is 262 g/mol. The molecule has 0 aliphatic heterocycles. The van der Waals surface area contributed by atoms with E-state index in [9.17, 15) is 0 Å². The summed E-state index contributed by atoms with van der Waals surface area (Å²) in [5.74, 6) is 2.85. The lowest BCUT2D eigenvalue weighted by atomic mass is 9.80. The highest BCUT2D eigenvalue weighted by Crippen LogP contribution is 2.31. The SMILES string of the molecule is CC(C)CNCc1cnc(OC2CCC(C)C(C)C2)cn1. The molecule has 21 heavy (non-hydrogen) atoms. The number of hydrogen-bond donors (Lipinski definition) is 1. The molecule has 1 aromatic heterocycles. The molecule has 0 spiro atoms. The van der Waals surface area contributed by atoms with Crippen molar-refractivity contribution < 1.29 is 4.74 Å². The summed E-state index contributed by atoms with van der Waals surface area (Å²) in [7, 11) is 0. The summed E-state index contributed by atoms with van der Waals surface area (Å²) in [5, 5.41) is 3.37. The van der Waals surface area contributed by atoms with Crippen LogP contribution in [0.3, 0.4) is 0 Å². The summed E-state index contributed by atoms with van der Waals surface area (Å²) in [6.07, 6.45) is 7.38. The fourth-order valence-corrected chi connectivity index (χ4v) is 2.76. The Kier molecular flexibility index (Phi) is 5.97. The molecule has 0 aromatic carbocycles. The first-order chi connectivity index (χ1) is 10.0. The first-order valence-corrected chi connectivity index (χ1v) is 8.23. The van der Waals surface area contributed by atoms with Gasteiger partial charge in [0.15, 0.2) is 0 Å². The third-order valence-electron chi connectivity index (χ3n) is 4.38. The molecule has 0 bridgehead atoms. The normalized spacial score (nSPS) is 26.0. The maximum atomic E-state index is 5.98. The molecule has 118 valence electrons. The summed E-state index contributed by atoms with van der Waals surface area (Å²) < 4.78 is 5.98. The number of nitrogens with one attached hydrogen (secondary N) is 1. The minimum atomic E-state index is 0.301. The zero-order valence-corrected chi connectivity index (χ0v) is 13.8. The van der Waals surface area contributed by atoms with Crippen molar-refractivity contribution >= 4 is 0 Å². The summed E-state index contributed by atoms with van der Waals surface area (Å²) in [5.41, 5.74) is 0.966. The van der Waals surface area contributed by atoms with E-state index in [1.54, 1.807) is 6.20 Å². The Labute approximate surface area is 128 Å². The molecule has 0 radical (unpaired) electrons. The lowest BCUT2D eigenvalue weighted by molar-refractivity contribution is 0.0960. The number of nitrogens with zero attached hydrogens (tertiary/aromatic N) is 2. The van der Waals surface area contributed by atoms with Gasteiger partial charge in [-0.2, -0.15) is 0 Å². The van der Waals surface area contributed by atoms with Gasteiger partial charge in [-0.1, -0.05) is 27.7 Å². The molecule has 2 rings (SSSR count). The van der Waals surface area contributed by atoms with E-state index < -0.39 is 0 Å². The Morgan fingerprint density at radius 2 is 2.00 bits per heavy atom. The van der Waals surface area contributed by atoms with Crippen LogP contribution in [0.15, 0.2) is 12.4 Å². The van der Waals surface area contributed by atoms with Crippen molar-refractivity contribution in [2.75, 3.05) is 6.54 Å². The number of ether oxygens (including phenoxy) is 1. The van der Waals surface area contributed by atoms with Gasteiger partial charge in [-0.15, -0.1) is 0 Å². The van der Waals surface area contributed by atoms with Gasteiger partial charge < -0.3 is 10.1 Å². The van der Waals surface area contributed by atoms with Crippen molar-refractivity contribution in [1.29, 1.82) is 0 Å². The Balaban J connectivity index is 1.79. The molecule has 1 fully saturated rings. The Hall–Kier alpha value is -1.16. The predicted octanol–water partition coefficient (Wildman–Crippen LogP) is 3.43. The number of hydrogen-bond acceptors (Lipinski definition) is 4. The second-order valence-electron chi connectivity index (χ2n) is 6.88. The molecule has 0 amide bonds. The lowest BCUT2D eigenvalue weighted by Crippen LogP contribution is -2.29. The molecule has 3 unspecified atom stereocenters. The maximum Gasteiger partial charge on any atom is 0.232 e. The summed E-state index contributed by atoms with van der Waals surface area (Å²) in [4.78, 5) is 8.81. The minimum Gasteiger partial charge on any atom is -0.473 e. The van der Waals surface area contributed by atoms with Crippen LogP contribution >= 0.6 is 0 Å². The fraction of sp³-hybridized carbons (Fsp3) is 0.765. The summed E-state index contributed by atoms with van der Waals surface area (Å²) >= 11 is 0. The molecule has 1 saturated carbocycles. The van der Waals surface area contributed by atoms with Crippen LogP contribution in [0.25, 0.3) is 0 Å². The molecule has 4 heteroatoms. The van der Waals surface area contributed by atoms with E-state index in [1.807, 2.05) is 6.20 Å². The number of aromatic nitrogens is 2. The molecule has 1 heterocycles. The Morgan fingerprint density at radius 1 is 1.19 bits per heavy atom. The van der Waals surface area contributed by atoms with E-state index >= 15 is 0 Å². The molecule has 4 nitrogen and oxygen atoms in total. The molecule has 1 N–H and O–H groups in total. The van der Waals surface area contributed by atoms with Gasteiger partial charge in [0.2, 0.25) is 5.88 Å². The van der Waals surface area contributed by atoms with Crippen LogP contribution in [-0.2, 0) is 6.54 Å². The second kappa shape index (κ2) is 7.74. The van der Waals surface area contributed by atoms with E-state index in [1.165, 1.54) is 6.42 Å². The summed E-state index contributed by atoms with van der Waals surface area (Å²) in [6, 6.07) is 0. The van der Waals surface area contributed by atoms with E-state index in [2.05, 4.69) is 43.0 Å². The molecule has 0 saturated heterocycles. The smallest absolute Gasteiger partial charge is 0.232 e. The highest BCUT2D eigenvalue weighted by molar-refractivity contribution is 5.07. The van der Waals surface area contributed by atoms with Crippen LogP contribution in [0.4, 0.5) is 0 Å². The summed E-state index contributed by atoms with van der Waals surface area (Å²) in [6.45, 7) is 10.8. The van der Waals surface area contributed by atoms with Crippen molar-refractivity contribution in [3.63, 3.8) is 0 Å². The quantitative estimate of drug-likeness (QED) is 0.872. The fourth-order valence-electron chi connectivity index (χ4n) is 2.76. The molecule has 1 aliphatic rings. The van der Waals surface area contributed by atoms with Crippen molar-refractivity contribution in [1.82, 2.24) is 15.3 Å². The Bertz CT molecular complexity index is 419. The molecular formula is C17H29N3O. The van der Waals surface area contributed by atoms with Gasteiger partial charge in [0, 0.05) is 6.54 Å². The van der Waals surface area contributed by atoms with Crippen molar-refractivity contribution in [2.45, 2.75) is 59.6 Å². The zero-order valence-electron chi connectivity index (χ0n) is 13.8. The predicted molar refractivity (Wildman–Crippen MR) is 85.2 cm³/mol. The van der Waals surface area contributed by atoms with E-state index in [0.717, 1.165) is 43.5 Å². The Morgan fingerprint density at radius 3 is 2.62 bits per heavy atom. The first-order valence-electron chi connectivity index (χ1n) is 8.23. The largest absolute Gasteiger partial charge is 0.473 e. The van der Waals surface area contributed by atoms with Gasteiger partial charge in [-0.25, -0.2) is 4.98 Å². The van der Waals surface area contributed by atoms with E-state index in [0.29, 0.717) is 17.9 Å². The maximum absolute atomic E-state index is 5.98. The van der Waals surface area contributed by atoms with Gasteiger partial charge in [0.1, 0.15) is 6.10 Å². The number of rotatable bonds is 6. The van der Waals surface area contributed by atoms with Gasteiger partial charge in [0.25, 0.3) is 0 Å². The van der Waals surface area contributed by atoms with Gasteiger partial charge in [-0.3, -0.25) is 4.98 Å². The van der Waals surface area contributed by atoms with Crippen molar-refractivity contribution in [3.8, 4) is 5.88 Å². The van der Waals surface area contributed by atoms with E-state index in [-0.39, 0.29) is 0 Å². The minimum absolute atomic E-state index is 0.301. The monoisotopic (exact) mass is 291 g/mol. The lowest BCUT2D eigenvalue weighted by Gasteiger charge is -2.31. The van der Waals surface area contributed by atoms with Gasteiger partial charge >= 0.3 is 0 Å². The molecule has 3 atom stereocenters. The average molecular weight is 291 g/mol. The second-order valence-corrected chi connectivity index (χ2v) is 6.88. The van der Waals surface area contributed by atoms with Gasteiger partial charge in [0.05, 0.1) is 18.1 Å². The third-order valence-corrected chi connectivity index (χ3v) is 4.38. The van der Waals surface area contributed by atoms with Crippen molar-refractivity contribution in [3.05, 3.63) is 18.1 Å². The van der Waals surface area contributed by atoms with Crippen LogP contribution in [-0.4, -0.2) is 22.6 Å². The standard InChI is InChI=1S/C17H29N3O/c1-12(2)8-18-9-15-10-20-17(11-19-15)21-16-6-5-13(3)14(4)7-16/h10-14,16,18H,5-9H2,1-4H3. The topological polar surface area (TPSA) is 47.0 Å². The van der Waals surface area contributed by atoms with Crippen LogP contribution in [0.5, 0.6) is 5.88 Å². The third kappa shape index (κ3) is 5.27. The average Bonchev–Trinajstić information content (AvgIpc) is 2.44. The first kappa shape index (κ1) is 16.2. The van der Waals surface area contributed by atoms with Crippen LogP contribution in [0, 0.1) is 17.8 Å². The van der Waals surface area contributed by atoms with E-state index in [4.69, 9.17) is 4.74 Å². The van der Waals surface area contributed by atoms with Crippen molar-refractivity contribution in [2.24, 2.45) is 17.8 Å². The molecule has 1 aromatic rings. The van der Waals surface area contributed by atoms with Gasteiger partial charge in [-0.05, 0) is 43.6 Å². The van der Waals surface area contributed by atoms with Crippen LogP contribution < -0.4 is 10.1 Å².